The van der Waals surface area contributed by atoms with E-state index in [1.165, 1.54) is 37.2 Å². The van der Waals surface area contributed by atoms with Gasteiger partial charge in [-0.15, -0.1) is 11.3 Å². The van der Waals surface area contributed by atoms with Crippen molar-refractivity contribution in [1.82, 2.24) is 9.38 Å². The van der Waals surface area contributed by atoms with E-state index in [4.69, 9.17) is 4.98 Å². The molecule has 2 heterocycles. The van der Waals surface area contributed by atoms with Crippen LogP contribution in [0.25, 0.3) is 4.96 Å². The van der Waals surface area contributed by atoms with Gasteiger partial charge in [0.25, 0.3) is 0 Å². The second-order valence-electron chi connectivity index (χ2n) is 6.06. The van der Waals surface area contributed by atoms with Crippen molar-refractivity contribution in [3.8, 4) is 0 Å². The molecule has 0 aromatic carbocycles. The lowest BCUT2D eigenvalue weighted by Crippen LogP contribution is -2.37. The van der Waals surface area contributed by atoms with Gasteiger partial charge in [0.15, 0.2) is 10.8 Å². The molecule has 3 nitrogen and oxygen atoms in total. The van der Waals surface area contributed by atoms with Crippen molar-refractivity contribution in [2.75, 3.05) is 11.4 Å². The van der Waals surface area contributed by atoms with Crippen molar-refractivity contribution in [1.29, 1.82) is 0 Å². The van der Waals surface area contributed by atoms with Gasteiger partial charge in [-0.05, 0) is 18.8 Å². The molecule has 0 spiro atoms. The summed E-state index contributed by atoms with van der Waals surface area (Å²) < 4.78 is 2.23. The van der Waals surface area contributed by atoms with Crippen LogP contribution in [0.1, 0.15) is 45.2 Å². The summed E-state index contributed by atoms with van der Waals surface area (Å²) in [5.41, 5.74) is 1.30. The fraction of sp³-hybridized carbons (Fsp3) is 0.667. The zero-order chi connectivity index (χ0) is 14.1. The second-order valence-corrected chi connectivity index (χ2v) is 7.49. The summed E-state index contributed by atoms with van der Waals surface area (Å²) in [6.07, 6.45) is 7.50. The first-order valence-corrected chi connectivity index (χ1v) is 9.48. The Hall–Kier alpha value is -0.550. The van der Waals surface area contributed by atoms with Crippen LogP contribution in [-0.4, -0.2) is 22.0 Å². The smallest absolute Gasteiger partial charge is 0.195 e. The number of halogens is 1. The molecule has 0 atom stereocenters. The highest BCUT2D eigenvalue weighted by atomic mass is 79.9. The molecule has 2 aromatic heterocycles. The predicted molar refractivity (Wildman–Crippen MR) is 90.1 cm³/mol. The molecule has 0 bridgehead atoms. The number of anilines is 1. The largest absolute Gasteiger partial charge is 0.352 e. The monoisotopic (exact) mass is 355 g/mol. The van der Waals surface area contributed by atoms with Gasteiger partial charge in [0.2, 0.25) is 0 Å². The fourth-order valence-electron chi connectivity index (χ4n) is 3.19. The molecule has 20 heavy (non-hydrogen) atoms. The molecule has 110 valence electrons. The van der Waals surface area contributed by atoms with Gasteiger partial charge in [0.05, 0.1) is 5.69 Å². The third-order valence-corrected chi connectivity index (χ3v) is 5.35. The van der Waals surface area contributed by atoms with E-state index in [-0.39, 0.29) is 0 Å². The molecule has 1 aliphatic rings. The Kier molecular flexibility index (Phi) is 4.36. The summed E-state index contributed by atoms with van der Waals surface area (Å²) in [5, 5.41) is 2.97. The molecule has 0 radical (unpaired) electrons. The van der Waals surface area contributed by atoms with Gasteiger partial charge in [-0.25, -0.2) is 4.98 Å². The highest BCUT2D eigenvalue weighted by Crippen LogP contribution is 2.33. The van der Waals surface area contributed by atoms with Crippen LogP contribution in [0.4, 0.5) is 5.82 Å². The molecule has 5 heteroatoms. The minimum atomic E-state index is 0.665. The number of imidazole rings is 1. The Morgan fingerprint density at radius 2 is 2.20 bits per heavy atom. The number of thiazole rings is 1. The van der Waals surface area contributed by atoms with Crippen molar-refractivity contribution >= 4 is 38.0 Å². The molecule has 0 amide bonds. The van der Waals surface area contributed by atoms with E-state index in [0.717, 1.165) is 16.8 Å². The number of aromatic nitrogens is 2. The molecule has 0 aliphatic heterocycles. The second kappa shape index (κ2) is 6.06. The Balaban J connectivity index is 2.00. The third kappa shape index (κ3) is 2.62. The first-order chi connectivity index (χ1) is 9.70. The zero-order valence-electron chi connectivity index (χ0n) is 12.2. The average molecular weight is 356 g/mol. The summed E-state index contributed by atoms with van der Waals surface area (Å²) in [6.45, 7) is 5.71. The van der Waals surface area contributed by atoms with E-state index in [9.17, 15) is 0 Å². The van der Waals surface area contributed by atoms with Gasteiger partial charge in [-0.2, -0.15) is 0 Å². The number of rotatable bonds is 5. The third-order valence-electron chi connectivity index (χ3n) is 4.07. The van der Waals surface area contributed by atoms with Crippen molar-refractivity contribution in [2.45, 2.75) is 50.9 Å². The lowest BCUT2D eigenvalue weighted by molar-refractivity contribution is 0.531. The molecule has 1 fully saturated rings. The summed E-state index contributed by atoms with van der Waals surface area (Å²) in [6, 6.07) is 0.680. The zero-order valence-corrected chi connectivity index (χ0v) is 14.6. The number of fused-ring (bicyclic) bond motifs is 1. The maximum absolute atomic E-state index is 4.92. The van der Waals surface area contributed by atoms with E-state index in [1.807, 2.05) is 0 Å². The quantitative estimate of drug-likeness (QED) is 0.724. The van der Waals surface area contributed by atoms with Crippen LogP contribution < -0.4 is 4.90 Å². The summed E-state index contributed by atoms with van der Waals surface area (Å²) in [7, 11) is 0. The summed E-state index contributed by atoms with van der Waals surface area (Å²) >= 11 is 5.37. The molecule has 0 N–H and O–H groups in total. The first-order valence-electron chi connectivity index (χ1n) is 7.47. The summed E-state index contributed by atoms with van der Waals surface area (Å²) in [5.74, 6) is 1.87. The van der Waals surface area contributed by atoms with E-state index < -0.39 is 0 Å². The van der Waals surface area contributed by atoms with Crippen LogP contribution in [0.15, 0.2) is 11.6 Å². The molecule has 1 saturated carbocycles. The van der Waals surface area contributed by atoms with Crippen molar-refractivity contribution in [2.24, 2.45) is 5.92 Å². The van der Waals surface area contributed by atoms with Gasteiger partial charge >= 0.3 is 0 Å². The number of hydrogen-bond acceptors (Lipinski definition) is 3. The number of nitrogens with zero attached hydrogens (tertiary/aromatic N) is 3. The molecule has 1 aliphatic carbocycles. The number of hydrogen-bond donors (Lipinski definition) is 0. The first kappa shape index (κ1) is 14.4. The predicted octanol–water partition coefficient (Wildman–Crippen LogP) is 4.70. The topological polar surface area (TPSA) is 20.5 Å². The van der Waals surface area contributed by atoms with Gasteiger partial charge in [-0.3, -0.25) is 4.40 Å². The fourth-order valence-corrected chi connectivity index (χ4v) is 4.44. The van der Waals surface area contributed by atoms with Crippen LogP contribution in [0.5, 0.6) is 0 Å². The minimum absolute atomic E-state index is 0.665. The standard InChI is InChI=1S/C15H22BrN3S/c1-11(2)10-19(12-5-3-4-6-12)14-13(9-16)18-7-8-20-15(18)17-14/h7-8,11-12H,3-6,9-10H2,1-2H3. The highest BCUT2D eigenvalue weighted by molar-refractivity contribution is 9.08. The Morgan fingerprint density at radius 1 is 1.45 bits per heavy atom. The maximum Gasteiger partial charge on any atom is 0.195 e. The molecule has 2 aromatic rings. The van der Waals surface area contributed by atoms with Gasteiger partial charge in [-0.1, -0.05) is 42.6 Å². The van der Waals surface area contributed by atoms with Gasteiger partial charge in [0.1, 0.15) is 0 Å². The Morgan fingerprint density at radius 3 is 2.85 bits per heavy atom. The summed E-state index contributed by atoms with van der Waals surface area (Å²) in [4.78, 5) is 8.61. The molecule has 0 saturated heterocycles. The van der Waals surface area contributed by atoms with Crippen molar-refractivity contribution in [3.05, 3.63) is 17.3 Å². The van der Waals surface area contributed by atoms with Crippen LogP contribution >= 0.6 is 27.3 Å². The highest BCUT2D eigenvalue weighted by Gasteiger charge is 2.27. The van der Waals surface area contributed by atoms with Crippen LogP contribution in [-0.2, 0) is 5.33 Å². The van der Waals surface area contributed by atoms with E-state index in [0.29, 0.717) is 12.0 Å². The molecular formula is C15H22BrN3S. The van der Waals surface area contributed by atoms with Gasteiger partial charge < -0.3 is 4.90 Å². The molecule has 3 rings (SSSR count). The van der Waals surface area contributed by atoms with Crippen molar-refractivity contribution < 1.29 is 0 Å². The Bertz CT molecular complexity index is 569. The van der Waals surface area contributed by atoms with Crippen LogP contribution in [0.2, 0.25) is 0 Å². The average Bonchev–Trinajstić information content (AvgIpc) is 3.11. The van der Waals surface area contributed by atoms with Crippen LogP contribution in [0.3, 0.4) is 0 Å². The van der Waals surface area contributed by atoms with E-state index >= 15 is 0 Å². The van der Waals surface area contributed by atoms with Crippen molar-refractivity contribution in [3.63, 3.8) is 0 Å². The molecular weight excluding hydrogens is 334 g/mol. The Labute approximate surface area is 133 Å². The lowest BCUT2D eigenvalue weighted by Gasteiger charge is -2.31. The molecule has 0 unspecified atom stereocenters. The van der Waals surface area contributed by atoms with Gasteiger partial charge in [0, 0.05) is 29.5 Å². The van der Waals surface area contributed by atoms with E-state index in [2.05, 4.69) is 50.7 Å². The normalized spacial score (nSPS) is 16.6. The minimum Gasteiger partial charge on any atom is -0.352 e. The maximum atomic E-state index is 4.92. The van der Waals surface area contributed by atoms with E-state index in [1.54, 1.807) is 11.3 Å². The lowest BCUT2D eigenvalue weighted by atomic mass is 10.1. The van der Waals surface area contributed by atoms with Crippen LogP contribution in [0, 0.1) is 5.92 Å². The number of alkyl halides is 1. The SMILES string of the molecule is CC(C)CN(c1nc2sccn2c1CBr)C1CCCC1.